The number of aromatic nitrogens is 1. The molecule has 0 saturated carbocycles. The number of aryl methyl sites for hydroxylation is 1. The van der Waals surface area contributed by atoms with Gasteiger partial charge in [-0.1, -0.05) is 54.1 Å². The number of halogens is 1. The van der Waals surface area contributed by atoms with Crippen LogP contribution in [0.15, 0.2) is 77.5 Å². The second-order valence-corrected chi connectivity index (χ2v) is 6.68. The largest absolute Gasteiger partial charge is 0.449 e. The molecule has 0 fully saturated rings. The maximum atomic E-state index is 13.0. The number of furan rings is 1. The Labute approximate surface area is 161 Å². The summed E-state index contributed by atoms with van der Waals surface area (Å²) in [5.74, 6) is -0.0153. The van der Waals surface area contributed by atoms with Gasteiger partial charge in [-0.2, -0.15) is 0 Å². The number of pyridine rings is 1. The fraction of sp³-hybridized carbons (Fsp3) is 0.0909. The van der Waals surface area contributed by atoms with Crippen LogP contribution in [0.25, 0.3) is 11.0 Å². The molecule has 5 heteroatoms. The molecule has 4 aromatic rings. The fourth-order valence-electron chi connectivity index (χ4n) is 3.18. The van der Waals surface area contributed by atoms with E-state index in [0.29, 0.717) is 10.6 Å². The summed E-state index contributed by atoms with van der Waals surface area (Å²) >= 11 is 6.21. The van der Waals surface area contributed by atoms with Gasteiger partial charge in [-0.25, -0.2) is 0 Å². The van der Waals surface area contributed by atoms with Gasteiger partial charge in [0.25, 0.3) is 5.91 Å². The molecule has 27 heavy (non-hydrogen) atoms. The van der Waals surface area contributed by atoms with Crippen molar-refractivity contribution in [1.29, 1.82) is 0 Å². The first-order valence-electron chi connectivity index (χ1n) is 8.58. The lowest BCUT2D eigenvalue weighted by molar-refractivity contribution is 0.0916. The average Bonchev–Trinajstić information content (AvgIpc) is 3.05. The van der Waals surface area contributed by atoms with E-state index in [1.165, 1.54) is 0 Å². The molecule has 0 saturated heterocycles. The normalized spacial score (nSPS) is 12.1. The first-order valence-corrected chi connectivity index (χ1v) is 8.96. The molecule has 0 radical (unpaired) electrons. The quantitative estimate of drug-likeness (QED) is 0.525. The molecule has 2 heterocycles. The first kappa shape index (κ1) is 17.3. The highest BCUT2D eigenvalue weighted by atomic mass is 35.5. The van der Waals surface area contributed by atoms with Crippen molar-refractivity contribution in [2.45, 2.75) is 13.0 Å². The van der Waals surface area contributed by atoms with Crippen molar-refractivity contribution in [1.82, 2.24) is 10.3 Å². The van der Waals surface area contributed by atoms with E-state index in [9.17, 15) is 4.79 Å². The topological polar surface area (TPSA) is 55.1 Å². The minimum Gasteiger partial charge on any atom is -0.449 e. The molecule has 4 nitrogen and oxygen atoms in total. The Kier molecular flexibility index (Phi) is 4.65. The minimum absolute atomic E-state index is 0.271. The zero-order valence-corrected chi connectivity index (χ0v) is 15.4. The summed E-state index contributed by atoms with van der Waals surface area (Å²) in [5.41, 5.74) is 3.22. The Hall–Kier alpha value is -3.11. The minimum atomic E-state index is -0.315. The number of nitrogens with zero attached hydrogens (tertiary/aromatic N) is 1. The summed E-state index contributed by atoms with van der Waals surface area (Å²) in [6.07, 6.45) is 3.42. The van der Waals surface area contributed by atoms with Crippen molar-refractivity contribution < 1.29 is 9.21 Å². The van der Waals surface area contributed by atoms with Crippen LogP contribution in [0, 0.1) is 6.92 Å². The molecule has 0 spiro atoms. The number of amides is 1. The van der Waals surface area contributed by atoms with Crippen LogP contribution in [-0.4, -0.2) is 10.9 Å². The van der Waals surface area contributed by atoms with Gasteiger partial charge in [0, 0.05) is 23.3 Å². The number of carbonyl (C=O) groups is 1. The molecule has 4 rings (SSSR count). The Balaban J connectivity index is 1.73. The van der Waals surface area contributed by atoms with Crippen LogP contribution in [0.2, 0.25) is 5.02 Å². The number of rotatable bonds is 4. The number of hydrogen-bond donors (Lipinski definition) is 1. The first-order chi connectivity index (χ1) is 13.1. The lowest BCUT2D eigenvalue weighted by Crippen LogP contribution is -2.29. The molecule has 1 amide bonds. The van der Waals surface area contributed by atoms with Crippen LogP contribution in [0.5, 0.6) is 0 Å². The Morgan fingerprint density at radius 1 is 1.00 bits per heavy atom. The van der Waals surface area contributed by atoms with Gasteiger partial charge in [-0.05, 0) is 36.2 Å². The zero-order valence-electron chi connectivity index (χ0n) is 14.6. The van der Waals surface area contributed by atoms with Gasteiger partial charge in [0.15, 0.2) is 11.3 Å². The van der Waals surface area contributed by atoms with E-state index < -0.39 is 0 Å². The van der Waals surface area contributed by atoms with Crippen molar-refractivity contribution in [2.24, 2.45) is 0 Å². The van der Waals surface area contributed by atoms with Crippen LogP contribution in [0.3, 0.4) is 0 Å². The van der Waals surface area contributed by atoms with Crippen molar-refractivity contribution >= 4 is 28.5 Å². The van der Waals surface area contributed by atoms with Crippen LogP contribution in [0.4, 0.5) is 0 Å². The highest BCUT2D eigenvalue weighted by Gasteiger charge is 2.23. The van der Waals surface area contributed by atoms with E-state index >= 15 is 0 Å². The second kappa shape index (κ2) is 7.25. The summed E-state index contributed by atoms with van der Waals surface area (Å²) in [6.45, 7) is 1.86. The molecule has 0 aliphatic heterocycles. The van der Waals surface area contributed by atoms with Gasteiger partial charge in [-0.15, -0.1) is 0 Å². The van der Waals surface area contributed by atoms with E-state index in [1.54, 1.807) is 18.5 Å². The number of carbonyl (C=O) groups excluding carboxylic acids is 1. The molecule has 2 aromatic heterocycles. The number of hydrogen-bond acceptors (Lipinski definition) is 3. The smallest absolute Gasteiger partial charge is 0.288 e. The second-order valence-electron chi connectivity index (χ2n) is 6.27. The number of para-hydroxylation sites is 1. The molecule has 1 N–H and O–H groups in total. The SMILES string of the molecule is Cc1c(C(=O)NC(c2ccccc2)c2ccncc2)oc2c(Cl)cccc12. The van der Waals surface area contributed by atoms with E-state index in [2.05, 4.69) is 10.3 Å². The predicted molar refractivity (Wildman–Crippen MR) is 106 cm³/mol. The summed E-state index contributed by atoms with van der Waals surface area (Å²) in [4.78, 5) is 17.1. The van der Waals surface area contributed by atoms with Crippen LogP contribution >= 0.6 is 11.6 Å². The predicted octanol–water partition coefficient (Wildman–Crippen LogP) is 5.31. The van der Waals surface area contributed by atoms with Gasteiger partial charge >= 0.3 is 0 Å². The maximum Gasteiger partial charge on any atom is 0.288 e. The third kappa shape index (κ3) is 3.32. The molecule has 134 valence electrons. The number of fused-ring (bicyclic) bond motifs is 1. The Morgan fingerprint density at radius 2 is 1.70 bits per heavy atom. The Bertz CT molecular complexity index is 1050. The van der Waals surface area contributed by atoms with Crippen molar-refractivity contribution in [3.63, 3.8) is 0 Å². The summed E-state index contributed by atoms with van der Waals surface area (Å²) < 4.78 is 5.81. The highest BCUT2D eigenvalue weighted by Crippen LogP contribution is 2.31. The van der Waals surface area contributed by atoms with Crippen molar-refractivity contribution in [3.05, 3.63) is 101 Å². The molecule has 1 unspecified atom stereocenters. The lowest BCUT2D eigenvalue weighted by atomic mass is 9.99. The fourth-order valence-corrected chi connectivity index (χ4v) is 3.40. The van der Waals surface area contributed by atoms with Gasteiger partial charge in [0.1, 0.15) is 0 Å². The molecular formula is C22H17ClN2O2. The van der Waals surface area contributed by atoms with E-state index in [4.69, 9.17) is 16.0 Å². The molecule has 0 aliphatic rings. The van der Waals surface area contributed by atoms with E-state index in [1.807, 2.05) is 61.5 Å². The van der Waals surface area contributed by atoms with E-state index in [-0.39, 0.29) is 17.7 Å². The van der Waals surface area contributed by atoms with Gasteiger partial charge in [0.2, 0.25) is 0 Å². The molecule has 0 bridgehead atoms. The molecule has 0 aliphatic carbocycles. The Morgan fingerprint density at radius 3 is 2.41 bits per heavy atom. The van der Waals surface area contributed by atoms with Crippen LogP contribution in [-0.2, 0) is 0 Å². The lowest BCUT2D eigenvalue weighted by Gasteiger charge is -2.19. The summed E-state index contributed by atoms with van der Waals surface area (Å²) in [7, 11) is 0. The van der Waals surface area contributed by atoms with Crippen molar-refractivity contribution in [3.8, 4) is 0 Å². The zero-order chi connectivity index (χ0) is 18.8. The van der Waals surface area contributed by atoms with Gasteiger partial charge in [0.05, 0.1) is 11.1 Å². The van der Waals surface area contributed by atoms with E-state index in [0.717, 1.165) is 22.1 Å². The highest BCUT2D eigenvalue weighted by molar-refractivity contribution is 6.35. The van der Waals surface area contributed by atoms with Crippen molar-refractivity contribution in [2.75, 3.05) is 0 Å². The molecular weight excluding hydrogens is 360 g/mol. The molecule has 1 atom stereocenters. The maximum absolute atomic E-state index is 13.0. The van der Waals surface area contributed by atoms with Gasteiger partial charge < -0.3 is 9.73 Å². The van der Waals surface area contributed by atoms with Crippen LogP contribution < -0.4 is 5.32 Å². The third-order valence-corrected chi connectivity index (χ3v) is 4.87. The monoisotopic (exact) mass is 376 g/mol. The van der Waals surface area contributed by atoms with Crippen LogP contribution in [0.1, 0.15) is 33.3 Å². The standard InChI is InChI=1S/C22H17ClN2O2/c1-14-17-8-5-9-18(23)21(17)27-20(14)22(26)25-19(15-6-3-2-4-7-15)16-10-12-24-13-11-16/h2-13,19H,1H3,(H,25,26). The number of nitrogens with one attached hydrogen (secondary N) is 1. The molecule has 2 aromatic carbocycles. The van der Waals surface area contributed by atoms with Gasteiger partial charge in [-0.3, -0.25) is 9.78 Å². The summed E-state index contributed by atoms with van der Waals surface area (Å²) in [5, 5.41) is 4.41. The number of benzene rings is 2. The third-order valence-electron chi connectivity index (χ3n) is 4.57. The summed E-state index contributed by atoms with van der Waals surface area (Å²) in [6, 6.07) is 18.8. The average molecular weight is 377 g/mol.